The van der Waals surface area contributed by atoms with Gasteiger partial charge in [-0.3, -0.25) is 0 Å². The summed E-state index contributed by atoms with van der Waals surface area (Å²) < 4.78 is 7.19. The molecule has 2 aromatic rings. The van der Waals surface area contributed by atoms with E-state index in [1.54, 1.807) is 24.3 Å². The first-order valence-corrected chi connectivity index (χ1v) is 6.61. The summed E-state index contributed by atoms with van der Waals surface area (Å²) in [5.41, 5.74) is 0.118. The zero-order valence-corrected chi connectivity index (χ0v) is 12.2. The highest BCUT2D eigenvalue weighted by molar-refractivity contribution is 9.10. The molecule has 2 aromatic carbocycles. The number of benzene rings is 2. The Morgan fingerprint density at radius 3 is 2.22 bits per heavy atom. The van der Waals surface area contributed by atoms with E-state index in [1.807, 2.05) is 12.1 Å². The van der Waals surface area contributed by atoms with E-state index in [-0.39, 0.29) is 5.56 Å². The maximum atomic E-state index is 11.1. The summed E-state index contributed by atoms with van der Waals surface area (Å²) in [6, 6.07) is 12.0. The molecule has 0 aliphatic heterocycles. The maximum absolute atomic E-state index is 11.1. The van der Waals surface area contributed by atoms with E-state index in [0.29, 0.717) is 16.0 Å². The smallest absolute Gasteiger partial charge is 0.339 e. The molecule has 2 rings (SSSR count). The number of rotatable bonds is 3. The normalized spacial score (nSPS) is 10.1. The van der Waals surface area contributed by atoms with Gasteiger partial charge in [-0.25, -0.2) is 4.79 Å². The Labute approximate surface area is 121 Å². The van der Waals surface area contributed by atoms with Gasteiger partial charge in [-0.2, -0.15) is 0 Å². The number of hydrogen-bond donors (Lipinski definition) is 1. The van der Waals surface area contributed by atoms with Crippen LogP contribution in [-0.4, -0.2) is 11.1 Å². The number of hydrogen-bond acceptors (Lipinski definition) is 2. The lowest BCUT2D eigenvalue weighted by Gasteiger charge is -2.09. The average molecular weight is 372 g/mol. The van der Waals surface area contributed by atoms with Crippen molar-refractivity contribution in [2.24, 2.45) is 0 Å². The molecule has 0 saturated heterocycles. The van der Waals surface area contributed by atoms with Crippen molar-refractivity contribution < 1.29 is 14.6 Å². The molecule has 0 fully saturated rings. The van der Waals surface area contributed by atoms with Crippen molar-refractivity contribution in [3.05, 3.63) is 57.0 Å². The van der Waals surface area contributed by atoms with Crippen LogP contribution in [0.1, 0.15) is 10.4 Å². The Morgan fingerprint density at radius 2 is 1.61 bits per heavy atom. The number of ether oxygens (including phenoxy) is 1. The SMILES string of the molecule is O=C(O)c1cc(Br)ccc1Oc1ccc(Br)cc1. The van der Waals surface area contributed by atoms with Crippen molar-refractivity contribution in [3.63, 3.8) is 0 Å². The van der Waals surface area contributed by atoms with E-state index < -0.39 is 5.97 Å². The van der Waals surface area contributed by atoms with Gasteiger partial charge in [-0.1, -0.05) is 31.9 Å². The lowest BCUT2D eigenvalue weighted by atomic mass is 10.2. The summed E-state index contributed by atoms with van der Waals surface area (Å²) in [6.45, 7) is 0. The predicted octanol–water partition coefficient (Wildman–Crippen LogP) is 4.70. The Balaban J connectivity index is 2.34. The summed E-state index contributed by atoms with van der Waals surface area (Å²) in [5, 5.41) is 9.10. The zero-order chi connectivity index (χ0) is 13.1. The minimum absolute atomic E-state index is 0.118. The first-order valence-electron chi connectivity index (χ1n) is 5.02. The third kappa shape index (κ3) is 3.11. The predicted molar refractivity (Wildman–Crippen MR) is 75.3 cm³/mol. The summed E-state index contributed by atoms with van der Waals surface area (Å²) in [6.07, 6.45) is 0. The van der Waals surface area contributed by atoms with Crippen LogP contribution >= 0.6 is 31.9 Å². The highest BCUT2D eigenvalue weighted by atomic mass is 79.9. The molecule has 0 aliphatic rings. The molecule has 1 N–H and O–H groups in total. The lowest BCUT2D eigenvalue weighted by Crippen LogP contribution is -1.99. The molecule has 3 nitrogen and oxygen atoms in total. The topological polar surface area (TPSA) is 46.5 Å². The molecule has 0 aliphatic carbocycles. The fourth-order valence-electron chi connectivity index (χ4n) is 1.39. The van der Waals surface area contributed by atoms with Crippen LogP contribution < -0.4 is 4.74 Å². The maximum Gasteiger partial charge on any atom is 0.339 e. The molecule has 5 heteroatoms. The fraction of sp³-hybridized carbons (Fsp3) is 0. The van der Waals surface area contributed by atoms with Crippen molar-refractivity contribution in [1.82, 2.24) is 0 Å². The summed E-state index contributed by atoms with van der Waals surface area (Å²) >= 11 is 6.56. The van der Waals surface area contributed by atoms with Gasteiger partial charge in [0.1, 0.15) is 17.1 Å². The number of carbonyl (C=O) groups is 1. The Kier molecular flexibility index (Phi) is 4.04. The van der Waals surface area contributed by atoms with Gasteiger partial charge in [0.25, 0.3) is 0 Å². The Morgan fingerprint density at radius 1 is 1.00 bits per heavy atom. The number of halogens is 2. The van der Waals surface area contributed by atoms with Crippen molar-refractivity contribution >= 4 is 37.8 Å². The van der Waals surface area contributed by atoms with Gasteiger partial charge in [0.15, 0.2) is 0 Å². The first-order chi connectivity index (χ1) is 8.56. The van der Waals surface area contributed by atoms with Crippen LogP contribution in [0.2, 0.25) is 0 Å². The van der Waals surface area contributed by atoms with E-state index in [2.05, 4.69) is 31.9 Å². The summed E-state index contributed by atoms with van der Waals surface area (Å²) in [4.78, 5) is 11.1. The fourth-order valence-corrected chi connectivity index (χ4v) is 2.01. The molecule has 0 spiro atoms. The molecule has 0 heterocycles. The van der Waals surface area contributed by atoms with Crippen molar-refractivity contribution in [2.75, 3.05) is 0 Å². The van der Waals surface area contributed by atoms with Gasteiger partial charge in [0.05, 0.1) is 0 Å². The summed E-state index contributed by atoms with van der Waals surface area (Å²) in [7, 11) is 0. The van der Waals surface area contributed by atoms with Crippen molar-refractivity contribution in [3.8, 4) is 11.5 Å². The monoisotopic (exact) mass is 370 g/mol. The van der Waals surface area contributed by atoms with Gasteiger partial charge in [-0.15, -0.1) is 0 Å². The third-order valence-electron chi connectivity index (χ3n) is 2.21. The van der Waals surface area contributed by atoms with Crippen molar-refractivity contribution in [1.29, 1.82) is 0 Å². The molecule has 0 aromatic heterocycles. The van der Waals surface area contributed by atoms with Crippen LogP contribution in [0.15, 0.2) is 51.4 Å². The van der Waals surface area contributed by atoms with Crippen molar-refractivity contribution in [2.45, 2.75) is 0 Å². The second-order valence-corrected chi connectivity index (χ2v) is 5.33. The van der Waals surface area contributed by atoms with Crippen LogP contribution in [0.4, 0.5) is 0 Å². The standard InChI is InChI=1S/C13H8Br2O3/c14-8-1-4-10(5-2-8)18-12-6-3-9(15)7-11(12)13(16)17/h1-7H,(H,16,17). The van der Waals surface area contributed by atoms with Gasteiger partial charge in [0.2, 0.25) is 0 Å². The molecule has 92 valence electrons. The van der Waals surface area contributed by atoms with Crippen LogP contribution in [0, 0.1) is 0 Å². The van der Waals surface area contributed by atoms with Gasteiger partial charge >= 0.3 is 5.97 Å². The zero-order valence-electron chi connectivity index (χ0n) is 9.06. The summed E-state index contributed by atoms with van der Waals surface area (Å²) in [5.74, 6) is -0.126. The molecule has 0 amide bonds. The molecule has 0 saturated carbocycles. The molecule has 0 bridgehead atoms. The number of carboxylic acids is 1. The first kappa shape index (κ1) is 13.1. The van der Waals surface area contributed by atoms with Crippen LogP contribution in [0.5, 0.6) is 11.5 Å². The quantitative estimate of drug-likeness (QED) is 0.850. The van der Waals surface area contributed by atoms with Crippen LogP contribution in [-0.2, 0) is 0 Å². The Hall–Kier alpha value is -1.33. The van der Waals surface area contributed by atoms with Gasteiger partial charge in [0, 0.05) is 8.95 Å². The van der Waals surface area contributed by atoms with E-state index in [0.717, 1.165) is 4.47 Å². The van der Waals surface area contributed by atoms with E-state index in [4.69, 9.17) is 9.84 Å². The molecule has 0 atom stereocenters. The minimum Gasteiger partial charge on any atom is -0.478 e. The highest BCUT2D eigenvalue weighted by Gasteiger charge is 2.12. The second kappa shape index (κ2) is 5.54. The van der Waals surface area contributed by atoms with E-state index in [1.165, 1.54) is 6.07 Å². The van der Waals surface area contributed by atoms with Gasteiger partial charge in [-0.05, 0) is 42.5 Å². The molecule has 18 heavy (non-hydrogen) atoms. The van der Waals surface area contributed by atoms with Gasteiger partial charge < -0.3 is 9.84 Å². The lowest BCUT2D eigenvalue weighted by molar-refractivity contribution is 0.0694. The molecular weight excluding hydrogens is 364 g/mol. The average Bonchev–Trinajstić information content (AvgIpc) is 2.34. The third-order valence-corrected chi connectivity index (χ3v) is 3.24. The number of aromatic carboxylic acids is 1. The number of carboxylic acid groups (broad SMARTS) is 1. The minimum atomic E-state index is -1.02. The van der Waals surface area contributed by atoms with Crippen LogP contribution in [0.25, 0.3) is 0 Å². The van der Waals surface area contributed by atoms with E-state index in [9.17, 15) is 4.79 Å². The van der Waals surface area contributed by atoms with Crippen LogP contribution in [0.3, 0.4) is 0 Å². The molecular formula is C13H8Br2O3. The molecule has 0 radical (unpaired) electrons. The van der Waals surface area contributed by atoms with E-state index >= 15 is 0 Å². The Bertz CT molecular complexity index is 579. The highest BCUT2D eigenvalue weighted by Crippen LogP contribution is 2.28. The largest absolute Gasteiger partial charge is 0.478 e. The molecule has 0 unspecified atom stereocenters. The second-order valence-electron chi connectivity index (χ2n) is 3.50.